The second kappa shape index (κ2) is 4.68. The van der Waals surface area contributed by atoms with E-state index in [2.05, 4.69) is 4.99 Å². The van der Waals surface area contributed by atoms with Crippen LogP contribution in [-0.4, -0.2) is 12.6 Å². The Labute approximate surface area is 82.5 Å². The van der Waals surface area contributed by atoms with Gasteiger partial charge in [-0.25, -0.2) is 14.2 Å². The fourth-order valence-electron chi connectivity index (χ4n) is 1.25. The molecule has 0 saturated heterocycles. The summed E-state index contributed by atoms with van der Waals surface area (Å²) in [6.45, 7) is 4.05. The molecule has 14 heavy (non-hydrogen) atoms. The molecule has 0 radical (unpaired) electrons. The van der Waals surface area contributed by atoms with Crippen LogP contribution in [0, 0.1) is 12.7 Å². The molecule has 0 aliphatic carbocycles. The number of aryl methyl sites for hydroxylation is 1. The lowest BCUT2D eigenvalue weighted by Gasteiger charge is -2.08. The van der Waals surface area contributed by atoms with E-state index in [9.17, 15) is 9.18 Å². The first-order chi connectivity index (χ1) is 6.65. The molecule has 2 nitrogen and oxygen atoms in total. The Morgan fingerprint density at radius 1 is 1.57 bits per heavy atom. The van der Waals surface area contributed by atoms with Gasteiger partial charge < -0.3 is 0 Å². The van der Waals surface area contributed by atoms with Crippen LogP contribution in [-0.2, 0) is 4.79 Å². The third kappa shape index (κ3) is 2.51. The van der Waals surface area contributed by atoms with Gasteiger partial charge in [-0.05, 0) is 24.1 Å². The van der Waals surface area contributed by atoms with E-state index in [4.69, 9.17) is 0 Å². The Hall–Kier alpha value is -1.47. The van der Waals surface area contributed by atoms with Crippen LogP contribution in [0.3, 0.4) is 0 Å². The van der Waals surface area contributed by atoms with Gasteiger partial charge in [0.05, 0.1) is 6.54 Å². The average molecular weight is 193 g/mol. The van der Waals surface area contributed by atoms with Crippen molar-refractivity contribution in [2.24, 2.45) is 4.99 Å². The molecular weight excluding hydrogens is 181 g/mol. The molecule has 74 valence electrons. The van der Waals surface area contributed by atoms with Crippen LogP contribution < -0.4 is 0 Å². The highest BCUT2D eigenvalue weighted by molar-refractivity contribution is 5.34. The highest BCUT2D eigenvalue weighted by atomic mass is 19.1. The molecule has 0 amide bonds. The lowest BCUT2D eigenvalue weighted by atomic mass is 9.99. The van der Waals surface area contributed by atoms with Crippen LogP contribution in [0.2, 0.25) is 0 Å². The summed E-state index contributed by atoms with van der Waals surface area (Å²) in [5, 5.41) is 0. The van der Waals surface area contributed by atoms with Gasteiger partial charge in [0.15, 0.2) is 0 Å². The largest absolute Gasteiger partial charge is 0.234 e. The molecule has 1 rings (SSSR count). The number of isocyanates is 1. The zero-order chi connectivity index (χ0) is 10.6. The van der Waals surface area contributed by atoms with Crippen molar-refractivity contribution in [3.8, 4) is 0 Å². The lowest BCUT2D eigenvalue weighted by molar-refractivity contribution is 0.561. The summed E-state index contributed by atoms with van der Waals surface area (Å²) in [7, 11) is 0. The van der Waals surface area contributed by atoms with Gasteiger partial charge >= 0.3 is 0 Å². The molecule has 0 heterocycles. The maximum atomic E-state index is 12.9. The molecule has 0 bridgehead atoms. The molecule has 0 aliphatic rings. The second-order valence-electron chi connectivity index (χ2n) is 3.34. The standard InChI is InChI=1S/C11H12FNO/c1-8-5-10(3-4-11(8)12)9(2)6-13-7-14/h3-5,9H,6H2,1-2H3. The summed E-state index contributed by atoms with van der Waals surface area (Å²) in [5.41, 5.74) is 1.60. The Morgan fingerprint density at radius 3 is 2.86 bits per heavy atom. The minimum atomic E-state index is -0.208. The molecule has 0 aromatic heterocycles. The molecule has 0 N–H and O–H groups in total. The highest BCUT2D eigenvalue weighted by Crippen LogP contribution is 2.18. The van der Waals surface area contributed by atoms with E-state index in [1.54, 1.807) is 19.1 Å². The number of carbonyl (C=O) groups excluding carboxylic acids is 1. The number of hydrogen-bond acceptors (Lipinski definition) is 2. The van der Waals surface area contributed by atoms with E-state index in [1.807, 2.05) is 6.92 Å². The number of aliphatic imine (C=N–C) groups is 1. The highest BCUT2D eigenvalue weighted by Gasteiger charge is 2.06. The Bertz CT molecular complexity index is 370. The third-order valence-corrected chi connectivity index (χ3v) is 2.18. The van der Waals surface area contributed by atoms with E-state index < -0.39 is 0 Å². The minimum Gasteiger partial charge on any atom is -0.211 e. The van der Waals surface area contributed by atoms with Crippen molar-refractivity contribution in [3.05, 3.63) is 35.1 Å². The molecule has 1 unspecified atom stereocenters. The number of benzene rings is 1. The van der Waals surface area contributed by atoms with Gasteiger partial charge in [-0.3, -0.25) is 0 Å². The molecule has 1 aromatic carbocycles. The van der Waals surface area contributed by atoms with Gasteiger partial charge in [-0.15, -0.1) is 0 Å². The Morgan fingerprint density at radius 2 is 2.29 bits per heavy atom. The van der Waals surface area contributed by atoms with E-state index in [-0.39, 0.29) is 11.7 Å². The number of halogens is 1. The molecular formula is C11H12FNO. The predicted octanol–water partition coefficient (Wildman–Crippen LogP) is 2.57. The molecule has 0 aliphatic heterocycles. The smallest absolute Gasteiger partial charge is 0.211 e. The van der Waals surface area contributed by atoms with E-state index in [0.717, 1.165) is 5.56 Å². The van der Waals surface area contributed by atoms with Crippen LogP contribution in [0.4, 0.5) is 4.39 Å². The maximum Gasteiger partial charge on any atom is 0.234 e. The van der Waals surface area contributed by atoms with Crippen molar-refractivity contribution in [1.82, 2.24) is 0 Å². The minimum absolute atomic E-state index is 0.121. The Kier molecular flexibility index (Phi) is 3.55. The van der Waals surface area contributed by atoms with Gasteiger partial charge in [0.1, 0.15) is 5.82 Å². The number of rotatable bonds is 3. The van der Waals surface area contributed by atoms with Crippen LogP contribution in [0.1, 0.15) is 24.0 Å². The van der Waals surface area contributed by atoms with Gasteiger partial charge in [-0.2, -0.15) is 0 Å². The van der Waals surface area contributed by atoms with Gasteiger partial charge in [0, 0.05) is 5.92 Å². The van der Waals surface area contributed by atoms with E-state index >= 15 is 0 Å². The quantitative estimate of drug-likeness (QED) is 0.536. The van der Waals surface area contributed by atoms with Gasteiger partial charge in [0.25, 0.3) is 0 Å². The fourth-order valence-corrected chi connectivity index (χ4v) is 1.25. The van der Waals surface area contributed by atoms with Crippen molar-refractivity contribution < 1.29 is 9.18 Å². The SMILES string of the molecule is Cc1cc(C(C)CN=C=O)ccc1F. The first-order valence-electron chi connectivity index (χ1n) is 4.45. The van der Waals surface area contributed by atoms with Crippen molar-refractivity contribution in [1.29, 1.82) is 0 Å². The van der Waals surface area contributed by atoms with Crippen molar-refractivity contribution >= 4 is 6.08 Å². The average Bonchev–Trinajstić information content (AvgIpc) is 2.18. The third-order valence-electron chi connectivity index (χ3n) is 2.18. The summed E-state index contributed by atoms with van der Waals surface area (Å²) in [5.74, 6) is -0.0874. The molecule has 1 aromatic rings. The summed E-state index contributed by atoms with van der Waals surface area (Å²) < 4.78 is 12.9. The molecule has 0 fully saturated rings. The van der Waals surface area contributed by atoms with Crippen LogP contribution in [0.25, 0.3) is 0 Å². The van der Waals surface area contributed by atoms with Crippen LogP contribution in [0.5, 0.6) is 0 Å². The summed E-state index contributed by atoms with van der Waals surface area (Å²) in [6, 6.07) is 4.93. The van der Waals surface area contributed by atoms with Gasteiger partial charge in [-0.1, -0.05) is 19.1 Å². The second-order valence-corrected chi connectivity index (χ2v) is 3.34. The first kappa shape index (κ1) is 10.6. The summed E-state index contributed by atoms with van der Waals surface area (Å²) >= 11 is 0. The predicted molar refractivity (Wildman–Crippen MR) is 52.5 cm³/mol. The Balaban J connectivity index is 2.85. The van der Waals surface area contributed by atoms with Crippen LogP contribution in [0.15, 0.2) is 23.2 Å². The van der Waals surface area contributed by atoms with Crippen molar-refractivity contribution in [2.75, 3.05) is 6.54 Å². The zero-order valence-electron chi connectivity index (χ0n) is 8.25. The maximum absolute atomic E-state index is 12.9. The van der Waals surface area contributed by atoms with Crippen molar-refractivity contribution in [3.63, 3.8) is 0 Å². The summed E-state index contributed by atoms with van der Waals surface area (Å²) in [6.07, 6.45) is 1.50. The monoisotopic (exact) mass is 193 g/mol. The number of hydrogen-bond donors (Lipinski definition) is 0. The van der Waals surface area contributed by atoms with Crippen LogP contribution >= 0.6 is 0 Å². The topological polar surface area (TPSA) is 29.4 Å². The van der Waals surface area contributed by atoms with E-state index in [1.165, 1.54) is 12.1 Å². The molecule has 1 atom stereocenters. The van der Waals surface area contributed by atoms with Gasteiger partial charge in [0.2, 0.25) is 6.08 Å². The number of nitrogens with zero attached hydrogens (tertiary/aromatic N) is 1. The zero-order valence-corrected chi connectivity index (χ0v) is 8.25. The first-order valence-corrected chi connectivity index (χ1v) is 4.45. The normalized spacial score (nSPS) is 11.9. The molecule has 0 spiro atoms. The van der Waals surface area contributed by atoms with E-state index in [0.29, 0.717) is 12.1 Å². The summed E-state index contributed by atoms with van der Waals surface area (Å²) in [4.78, 5) is 13.4. The molecule has 0 saturated carbocycles. The molecule has 3 heteroatoms. The fraction of sp³-hybridized carbons (Fsp3) is 0.364. The lowest BCUT2D eigenvalue weighted by Crippen LogP contribution is -1.98. The van der Waals surface area contributed by atoms with Crippen molar-refractivity contribution in [2.45, 2.75) is 19.8 Å².